The summed E-state index contributed by atoms with van der Waals surface area (Å²) in [5.41, 5.74) is 0. The molecule has 1 amide bonds. The van der Waals surface area contributed by atoms with Crippen molar-refractivity contribution in [3.05, 3.63) is 0 Å². The number of hydrogen-bond donors (Lipinski definition) is 1. The molecule has 0 unspecified atom stereocenters. The van der Waals surface area contributed by atoms with Crippen LogP contribution < -0.4 is 5.32 Å². The molecule has 0 spiro atoms. The summed E-state index contributed by atoms with van der Waals surface area (Å²) >= 11 is 5.48. The van der Waals surface area contributed by atoms with Gasteiger partial charge in [0.25, 0.3) is 0 Å². The molecule has 2 rings (SSSR count). The maximum absolute atomic E-state index is 11.2. The van der Waals surface area contributed by atoms with Crippen LogP contribution in [0.3, 0.4) is 0 Å². The lowest BCUT2D eigenvalue weighted by molar-refractivity contribution is -0.119. The highest BCUT2D eigenvalue weighted by Crippen LogP contribution is 2.27. The predicted molar refractivity (Wildman–Crippen MR) is 61.1 cm³/mol. The molecule has 4 heteroatoms. The fraction of sp³-hybridized carbons (Fsp3) is 0.909. The molecule has 1 heterocycles. The Labute approximate surface area is 96.2 Å². The lowest BCUT2D eigenvalue weighted by Gasteiger charge is -2.42. The predicted octanol–water partition coefficient (Wildman–Crippen LogP) is 1.36. The smallest absolute Gasteiger partial charge is 0.235 e. The quantitative estimate of drug-likeness (QED) is 0.743. The first-order valence-corrected chi connectivity index (χ1v) is 6.42. The lowest BCUT2D eigenvalue weighted by Crippen LogP contribution is -2.52. The zero-order valence-electron chi connectivity index (χ0n) is 9.04. The third-order valence-corrected chi connectivity index (χ3v) is 3.77. The number of nitrogens with one attached hydrogen (secondary N) is 1. The first-order chi connectivity index (χ1) is 7.29. The van der Waals surface area contributed by atoms with Crippen molar-refractivity contribution in [3.8, 4) is 0 Å². The summed E-state index contributed by atoms with van der Waals surface area (Å²) in [6.45, 7) is 2.23. The van der Waals surface area contributed by atoms with E-state index < -0.39 is 0 Å². The number of rotatable bonds is 3. The second-order valence-corrected chi connectivity index (χ2v) is 4.89. The number of alkyl halides is 1. The largest absolute Gasteiger partial charge is 0.351 e. The Bertz CT molecular complexity index is 231. The van der Waals surface area contributed by atoms with Crippen LogP contribution in [0.1, 0.15) is 32.1 Å². The highest BCUT2D eigenvalue weighted by atomic mass is 35.5. The van der Waals surface area contributed by atoms with Gasteiger partial charge in [-0.15, -0.1) is 11.6 Å². The number of piperidine rings is 1. The molecule has 1 saturated heterocycles. The molecule has 15 heavy (non-hydrogen) atoms. The second-order valence-electron chi connectivity index (χ2n) is 4.62. The van der Waals surface area contributed by atoms with Gasteiger partial charge in [-0.1, -0.05) is 6.42 Å². The van der Waals surface area contributed by atoms with Crippen molar-refractivity contribution in [2.24, 2.45) is 0 Å². The molecule has 1 atom stereocenters. The number of carbonyl (C=O) groups is 1. The minimum Gasteiger partial charge on any atom is -0.351 e. The monoisotopic (exact) mass is 230 g/mol. The fourth-order valence-corrected chi connectivity index (χ4v) is 2.55. The first kappa shape index (κ1) is 11.2. The topological polar surface area (TPSA) is 32.3 Å². The van der Waals surface area contributed by atoms with Crippen LogP contribution in [0.4, 0.5) is 0 Å². The number of halogens is 1. The van der Waals surface area contributed by atoms with Gasteiger partial charge in [0.15, 0.2) is 0 Å². The van der Waals surface area contributed by atoms with E-state index in [0.29, 0.717) is 6.04 Å². The molecule has 2 aliphatic rings. The average Bonchev–Trinajstić information content (AvgIpc) is 2.15. The molecule has 3 nitrogen and oxygen atoms in total. The van der Waals surface area contributed by atoms with E-state index in [1.165, 1.54) is 32.2 Å². The number of carbonyl (C=O) groups excluding carboxylic acids is 1. The summed E-state index contributed by atoms with van der Waals surface area (Å²) in [6, 6.07) is 1.12. The van der Waals surface area contributed by atoms with Crippen LogP contribution in [-0.2, 0) is 4.79 Å². The summed E-state index contributed by atoms with van der Waals surface area (Å²) in [4.78, 5) is 13.7. The minimum atomic E-state index is -0.0304. The molecular formula is C11H19ClN2O. The van der Waals surface area contributed by atoms with Gasteiger partial charge in [-0.2, -0.15) is 0 Å². The van der Waals surface area contributed by atoms with E-state index in [4.69, 9.17) is 11.6 Å². The van der Waals surface area contributed by atoms with E-state index in [2.05, 4.69) is 10.2 Å². The van der Waals surface area contributed by atoms with Gasteiger partial charge in [0.05, 0.1) is 0 Å². The van der Waals surface area contributed by atoms with Crippen LogP contribution in [0.5, 0.6) is 0 Å². The Morgan fingerprint density at radius 1 is 1.33 bits per heavy atom. The number of amides is 1. The van der Waals surface area contributed by atoms with Crippen LogP contribution >= 0.6 is 11.6 Å². The van der Waals surface area contributed by atoms with Crippen LogP contribution in [0.15, 0.2) is 0 Å². The van der Waals surface area contributed by atoms with Crippen LogP contribution in [0, 0.1) is 0 Å². The molecule has 0 bridgehead atoms. The van der Waals surface area contributed by atoms with E-state index >= 15 is 0 Å². The Morgan fingerprint density at radius 2 is 2.13 bits per heavy atom. The fourth-order valence-electron chi connectivity index (χ4n) is 2.47. The maximum Gasteiger partial charge on any atom is 0.235 e. The van der Waals surface area contributed by atoms with Crippen molar-refractivity contribution in [1.29, 1.82) is 0 Å². The van der Waals surface area contributed by atoms with Crippen molar-refractivity contribution in [2.75, 3.05) is 19.0 Å². The third-order valence-electron chi connectivity index (χ3n) is 3.53. The Balaban J connectivity index is 1.78. The molecule has 0 radical (unpaired) electrons. The standard InChI is InChI=1S/C11H19ClN2O/c12-7-11(15)13-9-3-2-6-14(8-9)10-4-1-5-10/h9-10H,1-8H2,(H,13,15)/t9-/m1/s1. The molecule has 0 aromatic heterocycles. The van der Waals surface area contributed by atoms with Crippen LogP contribution in [0.2, 0.25) is 0 Å². The first-order valence-electron chi connectivity index (χ1n) is 5.89. The molecule has 1 aliphatic carbocycles. The molecule has 86 valence electrons. The average molecular weight is 231 g/mol. The van der Waals surface area contributed by atoms with Crippen molar-refractivity contribution < 1.29 is 4.79 Å². The zero-order valence-corrected chi connectivity index (χ0v) is 9.80. The Hall–Kier alpha value is -0.280. The summed E-state index contributed by atoms with van der Waals surface area (Å²) in [5, 5.41) is 2.99. The molecule has 1 aliphatic heterocycles. The van der Waals surface area contributed by atoms with E-state index in [1.807, 2.05) is 0 Å². The summed E-state index contributed by atoms with van der Waals surface area (Å²) < 4.78 is 0. The zero-order chi connectivity index (χ0) is 10.7. The Kier molecular flexibility index (Phi) is 3.87. The van der Waals surface area contributed by atoms with Gasteiger partial charge >= 0.3 is 0 Å². The van der Waals surface area contributed by atoms with Gasteiger partial charge in [-0.25, -0.2) is 0 Å². The van der Waals surface area contributed by atoms with Gasteiger partial charge in [-0.05, 0) is 32.2 Å². The van der Waals surface area contributed by atoms with E-state index in [9.17, 15) is 4.79 Å². The molecule has 1 N–H and O–H groups in total. The van der Waals surface area contributed by atoms with Gasteiger partial charge in [0, 0.05) is 18.6 Å². The molecular weight excluding hydrogens is 212 g/mol. The van der Waals surface area contributed by atoms with Gasteiger partial charge < -0.3 is 5.32 Å². The molecule has 0 aromatic carbocycles. The molecule has 0 aromatic rings. The highest BCUT2D eigenvalue weighted by Gasteiger charge is 2.29. The van der Waals surface area contributed by atoms with Gasteiger partial charge in [0.1, 0.15) is 5.88 Å². The van der Waals surface area contributed by atoms with Crippen molar-refractivity contribution in [2.45, 2.75) is 44.2 Å². The number of nitrogens with zero attached hydrogens (tertiary/aromatic N) is 1. The summed E-state index contributed by atoms with van der Waals surface area (Å²) in [7, 11) is 0. The summed E-state index contributed by atoms with van der Waals surface area (Å²) in [5.74, 6) is 0.0528. The van der Waals surface area contributed by atoms with E-state index in [-0.39, 0.29) is 11.8 Å². The van der Waals surface area contributed by atoms with Crippen LogP contribution in [-0.4, -0.2) is 41.9 Å². The van der Waals surface area contributed by atoms with E-state index in [1.54, 1.807) is 0 Å². The number of likely N-dealkylation sites (tertiary alicyclic amines) is 1. The third kappa shape index (κ3) is 2.85. The molecule has 2 fully saturated rings. The normalized spacial score (nSPS) is 28.5. The second kappa shape index (κ2) is 5.17. The van der Waals surface area contributed by atoms with Gasteiger partial charge in [0.2, 0.25) is 5.91 Å². The number of hydrogen-bond acceptors (Lipinski definition) is 2. The van der Waals surface area contributed by atoms with Crippen molar-refractivity contribution >= 4 is 17.5 Å². The van der Waals surface area contributed by atoms with Crippen molar-refractivity contribution in [3.63, 3.8) is 0 Å². The van der Waals surface area contributed by atoms with Gasteiger partial charge in [-0.3, -0.25) is 9.69 Å². The van der Waals surface area contributed by atoms with Crippen LogP contribution in [0.25, 0.3) is 0 Å². The van der Waals surface area contributed by atoms with Crippen molar-refractivity contribution in [1.82, 2.24) is 10.2 Å². The maximum atomic E-state index is 11.2. The highest BCUT2D eigenvalue weighted by molar-refractivity contribution is 6.27. The molecule has 1 saturated carbocycles. The Morgan fingerprint density at radius 3 is 2.73 bits per heavy atom. The lowest BCUT2D eigenvalue weighted by atomic mass is 9.89. The van der Waals surface area contributed by atoms with E-state index in [0.717, 1.165) is 19.0 Å². The SMILES string of the molecule is O=C(CCl)N[C@@H]1CCCN(C2CCC2)C1. The summed E-state index contributed by atoms with van der Waals surface area (Å²) in [6.07, 6.45) is 6.36. The minimum absolute atomic E-state index is 0.0304.